The molecule has 3 rings (SSSR count). The number of fused-ring (bicyclic) bond motifs is 1. The van der Waals surface area contributed by atoms with E-state index in [9.17, 15) is 4.79 Å². The Balaban J connectivity index is 1.64. The fourth-order valence-electron chi connectivity index (χ4n) is 3.27. The monoisotopic (exact) mass is 300 g/mol. The summed E-state index contributed by atoms with van der Waals surface area (Å²) in [6.45, 7) is 5.70. The van der Waals surface area contributed by atoms with Gasteiger partial charge in [-0.15, -0.1) is 0 Å². The maximum atomic E-state index is 12.2. The minimum atomic E-state index is -0.0635. The van der Waals surface area contributed by atoms with Gasteiger partial charge >= 0.3 is 5.97 Å². The summed E-state index contributed by atoms with van der Waals surface area (Å²) in [5.74, 6) is -0.0635. The molecule has 4 heteroatoms. The number of para-hydroxylation sites is 1. The van der Waals surface area contributed by atoms with Gasteiger partial charge < -0.3 is 9.72 Å². The second kappa shape index (κ2) is 6.53. The molecule has 1 aromatic heterocycles. The number of carbonyl (C=O) groups excluding carboxylic acids is 1. The molecule has 1 aliphatic rings. The zero-order valence-corrected chi connectivity index (χ0v) is 13.3. The third-order valence-electron chi connectivity index (χ3n) is 4.33. The zero-order chi connectivity index (χ0) is 15.5. The number of rotatable bonds is 5. The minimum absolute atomic E-state index is 0.0384. The van der Waals surface area contributed by atoms with Crippen molar-refractivity contribution in [1.29, 1.82) is 0 Å². The van der Waals surface area contributed by atoms with E-state index in [1.807, 2.05) is 19.9 Å². The molecule has 118 valence electrons. The van der Waals surface area contributed by atoms with Crippen LogP contribution >= 0.6 is 0 Å². The van der Waals surface area contributed by atoms with Crippen LogP contribution in [0.5, 0.6) is 0 Å². The van der Waals surface area contributed by atoms with Crippen molar-refractivity contribution in [1.82, 2.24) is 9.88 Å². The van der Waals surface area contributed by atoms with Crippen LogP contribution in [0.4, 0.5) is 0 Å². The Morgan fingerprint density at radius 2 is 2.23 bits per heavy atom. The lowest BCUT2D eigenvalue weighted by molar-refractivity contribution is -0.152. The molecule has 0 amide bonds. The van der Waals surface area contributed by atoms with Gasteiger partial charge in [0, 0.05) is 23.6 Å². The molecule has 0 unspecified atom stereocenters. The molecule has 1 fully saturated rings. The number of hydrogen-bond acceptors (Lipinski definition) is 3. The zero-order valence-electron chi connectivity index (χ0n) is 13.3. The topological polar surface area (TPSA) is 45.3 Å². The third kappa shape index (κ3) is 3.17. The molecule has 1 aromatic carbocycles. The molecule has 4 nitrogen and oxygen atoms in total. The number of ether oxygens (including phenoxy) is 1. The minimum Gasteiger partial charge on any atom is -0.462 e. The summed E-state index contributed by atoms with van der Waals surface area (Å²) in [6.07, 6.45) is 4.99. The van der Waals surface area contributed by atoms with E-state index in [0.29, 0.717) is 0 Å². The fourth-order valence-corrected chi connectivity index (χ4v) is 3.27. The second-order valence-corrected chi connectivity index (χ2v) is 6.29. The van der Waals surface area contributed by atoms with E-state index in [1.165, 1.54) is 16.5 Å². The molecule has 1 N–H and O–H groups in total. The van der Waals surface area contributed by atoms with Crippen molar-refractivity contribution in [2.24, 2.45) is 0 Å². The number of aromatic nitrogens is 1. The lowest BCUT2D eigenvalue weighted by atomic mass is 10.1. The summed E-state index contributed by atoms with van der Waals surface area (Å²) in [4.78, 5) is 17.8. The predicted molar refractivity (Wildman–Crippen MR) is 87.8 cm³/mol. The average molecular weight is 300 g/mol. The van der Waals surface area contributed by atoms with Crippen LogP contribution in [0.3, 0.4) is 0 Å². The highest BCUT2D eigenvalue weighted by molar-refractivity contribution is 5.83. The van der Waals surface area contributed by atoms with Crippen LogP contribution in [0.2, 0.25) is 0 Å². The Bertz CT molecular complexity index is 647. The van der Waals surface area contributed by atoms with Crippen LogP contribution in [0.15, 0.2) is 30.5 Å². The van der Waals surface area contributed by atoms with Gasteiger partial charge in [-0.05, 0) is 51.3 Å². The number of H-pyrrole nitrogens is 1. The van der Waals surface area contributed by atoms with Crippen molar-refractivity contribution >= 4 is 16.9 Å². The molecular formula is C18H24N2O2. The van der Waals surface area contributed by atoms with E-state index in [1.54, 1.807) is 0 Å². The highest BCUT2D eigenvalue weighted by Crippen LogP contribution is 2.22. The number of hydrogen-bond donors (Lipinski definition) is 1. The molecule has 1 saturated heterocycles. The number of esters is 1. The Morgan fingerprint density at radius 1 is 1.41 bits per heavy atom. The number of nitrogens with one attached hydrogen (secondary N) is 1. The Morgan fingerprint density at radius 3 is 3.05 bits per heavy atom. The molecule has 2 heterocycles. The molecular weight excluding hydrogens is 276 g/mol. The first-order valence-electron chi connectivity index (χ1n) is 8.14. The van der Waals surface area contributed by atoms with Gasteiger partial charge in [0.05, 0.1) is 6.10 Å². The van der Waals surface area contributed by atoms with Crippen molar-refractivity contribution in [2.45, 2.75) is 45.3 Å². The number of carbonyl (C=O) groups is 1. The third-order valence-corrected chi connectivity index (χ3v) is 4.33. The molecule has 0 spiro atoms. The summed E-state index contributed by atoms with van der Waals surface area (Å²) in [7, 11) is 0. The molecule has 0 aliphatic carbocycles. The van der Waals surface area contributed by atoms with Gasteiger partial charge in [0.1, 0.15) is 6.04 Å². The van der Waals surface area contributed by atoms with Crippen molar-refractivity contribution in [3.63, 3.8) is 0 Å². The van der Waals surface area contributed by atoms with E-state index in [2.05, 4.69) is 34.3 Å². The summed E-state index contributed by atoms with van der Waals surface area (Å²) in [6, 6.07) is 8.29. The summed E-state index contributed by atoms with van der Waals surface area (Å²) >= 11 is 0. The van der Waals surface area contributed by atoms with E-state index in [4.69, 9.17) is 4.74 Å². The molecule has 0 radical (unpaired) electrons. The molecule has 1 aliphatic heterocycles. The Labute approximate surface area is 131 Å². The van der Waals surface area contributed by atoms with Crippen LogP contribution in [0.1, 0.15) is 32.3 Å². The lowest BCUT2D eigenvalue weighted by Crippen LogP contribution is -2.39. The molecule has 0 saturated carbocycles. The maximum absolute atomic E-state index is 12.2. The largest absolute Gasteiger partial charge is 0.462 e. The van der Waals surface area contributed by atoms with Gasteiger partial charge in [0.15, 0.2) is 0 Å². The lowest BCUT2D eigenvalue weighted by Gasteiger charge is -2.23. The summed E-state index contributed by atoms with van der Waals surface area (Å²) in [5, 5.41) is 1.28. The van der Waals surface area contributed by atoms with Crippen LogP contribution in [0.25, 0.3) is 10.9 Å². The molecule has 22 heavy (non-hydrogen) atoms. The van der Waals surface area contributed by atoms with Crippen molar-refractivity contribution in [3.05, 3.63) is 36.0 Å². The van der Waals surface area contributed by atoms with Gasteiger partial charge in [0.2, 0.25) is 0 Å². The first kappa shape index (κ1) is 15.1. The normalized spacial score (nSPS) is 19.1. The summed E-state index contributed by atoms with van der Waals surface area (Å²) in [5.41, 5.74) is 2.49. The SMILES string of the molecule is CC(C)OC(=O)[C@@H]1CCCN1CCc1c[nH]c2ccccc12. The molecule has 2 aromatic rings. The Hall–Kier alpha value is -1.81. The van der Waals surface area contributed by atoms with Gasteiger partial charge in [-0.3, -0.25) is 9.69 Å². The average Bonchev–Trinajstić information content (AvgIpc) is 3.11. The highest BCUT2D eigenvalue weighted by Gasteiger charge is 2.32. The fraction of sp³-hybridized carbons (Fsp3) is 0.500. The molecule has 0 bridgehead atoms. The highest BCUT2D eigenvalue weighted by atomic mass is 16.5. The standard InChI is InChI=1S/C18H24N2O2/c1-13(2)22-18(21)17-8-5-10-20(17)11-9-14-12-19-16-7-4-3-6-15(14)16/h3-4,6-7,12-13,17,19H,5,8-11H2,1-2H3/t17-/m0/s1. The van der Waals surface area contributed by atoms with Crippen LogP contribution in [0, 0.1) is 0 Å². The van der Waals surface area contributed by atoms with Crippen LogP contribution < -0.4 is 0 Å². The van der Waals surface area contributed by atoms with E-state index < -0.39 is 0 Å². The van der Waals surface area contributed by atoms with Crippen LogP contribution in [-0.4, -0.2) is 41.1 Å². The van der Waals surface area contributed by atoms with Gasteiger partial charge in [-0.1, -0.05) is 18.2 Å². The van der Waals surface area contributed by atoms with Crippen molar-refractivity contribution in [2.75, 3.05) is 13.1 Å². The maximum Gasteiger partial charge on any atom is 0.323 e. The Kier molecular flexibility index (Phi) is 4.48. The quantitative estimate of drug-likeness (QED) is 0.863. The number of aromatic amines is 1. The van der Waals surface area contributed by atoms with Gasteiger partial charge in [0.25, 0.3) is 0 Å². The van der Waals surface area contributed by atoms with Crippen molar-refractivity contribution in [3.8, 4) is 0 Å². The van der Waals surface area contributed by atoms with Crippen LogP contribution in [-0.2, 0) is 16.0 Å². The van der Waals surface area contributed by atoms with Gasteiger partial charge in [-0.2, -0.15) is 0 Å². The number of likely N-dealkylation sites (tertiary alicyclic amines) is 1. The molecule has 1 atom stereocenters. The first-order chi connectivity index (χ1) is 10.6. The first-order valence-corrected chi connectivity index (χ1v) is 8.14. The summed E-state index contributed by atoms with van der Waals surface area (Å²) < 4.78 is 5.38. The smallest absolute Gasteiger partial charge is 0.323 e. The predicted octanol–water partition coefficient (Wildman–Crippen LogP) is 3.13. The van der Waals surface area contributed by atoms with E-state index >= 15 is 0 Å². The van der Waals surface area contributed by atoms with E-state index in [-0.39, 0.29) is 18.1 Å². The van der Waals surface area contributed by atoms with Crippen molar-refractivity contribution < 1.29 is 9.53 Å². The number of nitrogens with zero attached hydrogens (tertiary/aromatic N) is 1. The number of benzene rings is 1. The van der Waals surface area contributed by atoms with Gasteiger partial charge in [-0.25, -0.2) is 0 Å². The van der Waals surface area contributed by atoms with E-state index in [0.717, 1.165) is 32.4 Å². The second-order valence-electron chi connectivity index (χ2n) is 6.29.